The summed E-state index contributed by atoms with van der Waals surface area (Å²) in [5.41, 5.74) is 2.11. The maximum absolute atomic E-state index is 13.3. The van der Waals surface area contributed by atoms with Crippen LogP contribution in [0.1, 0.15) is 30.4 Å². The lowest BCUT2D eigenvalue weighted by Gasteiger charge is -2.34. The van der Waals surface area contributed by atoms with Gasteiger partial charge in [-0.2, -0.15) is 0 Å². The van der Waals surface area contributed by atoms with Gasteiger partial charge in [-0.1, -0.05) is 18.2 Å². The van der Waals surface area contributed by atoms with Crippen LogP contribution < -0.4 is 9.47 Å². The summed E-state index contributed by atoms with van der Waals surface area (Å²) < 4.78 is 23.9. The number of likely N-dealkylation sites (tertiary alicyclic amines) is 1. The number of carbonyl (C=O) groups excluding carboxylic acids is 1. The summed E-state index contributed by atoms with van der Waals surface area (Å²) in [5.74, 6) is 1.93. The second kappa shape index (κ2) is 11.9. The van der Waals surface area contributed by atoms with Crippen LogP contribution in [-0.4, -0.2) is 63.2 Å². The molecule has 0 aliphatic carbocycles. The van der Waals surface area contributed by atoms with Crippen molar-refractivity contribution in [2.24, 2.45) is 5.92 Å². The van der Waals surface area contributed by atoms with E-state index in [0.717, 1.165) is 56.6 Å². The van der Waals surface area contributed by atoms with E-state index in [-0.39, 0.29) is 11.7 Å². The van der Waals surface area contributed by atoms with E-state index in [9.17, 15) is 9.18 Å². The molecule has 0 bridgehead atoms. The van der Waals surface area contributed by atoms with E-state index in [4.69, 9.17) is 9.47 Å². The molecule has 0 spiro atoms. The second-order valence-electron chi connectivity index (χ2n) is 8.63. The van der Waals surface area contributed by atoms with Crippen molar-refractivity contribution >= 4 is 5.91 Å². The monoisotopic (exact) mass is 442 g/mol. The zero-order valence-electron chi connectivity index (χ0n) is 19.5. The minimum atomic E-state index is -0.167. The van der Waals surface area contributed by atoms with Crippen molar-refractivity contribution in [3.05, 3.63) is 59.4 Å². The Morgan fingerprint density at radius 3 is 2.44 bits per heavy atom. The third kappa shape index (κ3) is 6.95. The van der Waals surface area contributed by atoms with Gasteiger partial charge in [-0.25, -0.2) is 4.39 Å². The molecule has 174 valence electrons. The predicted octanol–water partition coefficient (Wildman–Crippen LogP) is 4.19. The summed E-state index contributed by atoms with van der Waals surface area (Å²) in [6, 6.07) is 12.7. The smallest absolute Gasteiger partial charge is 0.222 e. The fraction of sp³-hybridized carbons (Fsp3) is 0.500. The minimum absolute atomic E-state index is 0.167. The largest absolute Gasteiger partial charge is 0.493 e. The molecule has 0 unspecified atom stereocenters. The molecular weight excluding hydrogens is 407 g/mol. The van der Waals surface area contributed by atoms with Crippen molar-refractivity contribution in [3.63, 3.8) is 0 Å². The van der Waals surface area contributed by atoms with Gasteiger partial charge in [-0.15, -0.1) is 0 Å². The van der Waals surface area contributed by atoms with E-state index in [2.05, 4.69) is 4.90 Å². The molecule has 2 aromatic carbocycles. The zero-order valence-corrected chi connectivity index (χ0v) is 19.5. The number of ether oxygens (including phenoxy) is 2. The number of hydrogen-bond acceptors (Lipinski definition) is 4. The standard InChI is InChI=1S/C26H35FN2O3/c1-28(26(30)10-8-21-7-9-24(31-2)25(18-21)32-3)19-22-12-15-29(16-13-22)14-11-20-5-4-6-23(27)17-20/h4-7,9,17-18,22H,8,10-16,19H2,1-3H3. The molecule has 32 heavy (non-hydrogen) atoms. The van der Waals surface area contributed by atoms with E-state index < -0.39 is 0 Å². The summed E-state index contributed by atoms with van der Waals surface area (Å²) in [6.07, 6.45) is 4.23. The molecule has 1 heterocycles. The van der Waals surface area contributed by atoms with Crippen LogP contribution >= 0.6 is 0 Å². The van der Waals surface area contributed by atoms with Crippen LogP contribution in [0.15, 0.2) is 42.5 Å². The van der Waals surface area contributed by atoms with Crippen LogP contribution in [0.5, 0.6) is 11.5 Å². The van der Waals surface area contributed by atoms with Gasteiger partial charge in [-0.3, -0.25) is 4.79 Å². The van der Waals surface area contributed by atoms with Gasteiger partial charge in [0, 0.05) is 26.6 Å². The van der Waals surface area contributed by atoms with Crippen molar-refractivity contribution in [2.75, 3.05) is 47.4 Å². The Labute approximate surface area is 191 Å². The molecule has 0 N–H and O–H groups in total. The summed E-state index contributed by atoms with van der Waals surface area (Å²) >= 11 is 0. The molecule has 1 saturated heterocycles. The summed E-state index contributed by atoms with van der Waals surface area (Å²) in [5, 5.41) is 0. The van der Waals surface area contributed by atoms with E-state index >= 15 is 0 Å². The fourth-order valence-corrected chi connectivity index (χ4v) is 4.34. The molecule has 1 fully saturated rings. The number of methoxy groups -OCH3 is 2. The average molecular weight is 443 g/mol. The van der Waals surface area contributed by atoms with E-state index in [1.807, 2.05) is 36.2 Å². The molecule has 6 heteroatoms. The number of nitrogens with zero attached hydrogens (tertiary/aromatic N) is 2. The molecule has 0 aromatic heterocycles. The number of rotatable bonds is 10. The number of halogens is 1. The highest BCUT2D eigenvalue weighted by Gasteiger charge is 2.22. The Balaban J connectivity index is 1.37. The first-order valence-corrected chi connectivity index (χ1v) is 11.4. The number of amides is 1. The average Bonchev–Trinajstić information content (AvgIpc) is 2.81. The Kier molecular flexibility index (Phi) is 8.91. The minimum Gasteiger partial charge on any atom is -0.493 e. The third-order valence-corrected chi connectivity index (χ3v) is 6.35. The van der Waals surface area contributed by atoms with Gasteiger partial charge >= 0.3 is 0 Å². The Morgan fingerprint density at radius 2 is 1.75 bits per heavy atom. The molecule has 1 aliphatic heterocycles. The van der Waals surface area contributed by atoms with Crippen LogP contribution in [-0.2, 0) is 17.6 Å². The van der Waals surface area contributed by atoms with Crippen LogP contribution in [0.2, 0.25) is 0 Å². The normalized spacial score (nSPS) is 14.9. The number of carbonyl (C=O) groups is 1. The van der Waals surface area contributed by atoms with E-state index in [1.54, 1.807) is 26.4 Å². The highest BCUT2D eigenvalue weighted by Crippen LogP contribution is 2.28. The van der Waals surface area contributed by atoms with Gasteiger partial charge in [-0.05, 0) is 80.1 Å². The van der Waals surface area contributed by atoms with Crippen molar-refractivity contribution in [1.82, 2.24) is 9.80 Å². The predicted molar refractivity (Wildman–Crippen MR) is 125 cm³/mol. The van der Waals surface area contributed by atoms with E-state index in [1.165, 1.54) is 6.07 Å². The van der Waals surface area contributed by atoms with Gasteiger partial charge in [0.1, 0.15) is 5.82 Å². The highest BCUT2D eigenvalue weighted by atomic mass is 19.1. The van der Waals surface area contributed by atoms with Gasteiger partial charge in [0.15, 0.2) is 11.5 Å². The van der Waals surface area contributed by atoms with Gasteiger partial charge in [0.25, 0.3) is 0 Å². The highest BCUT2D eigenvalue weighted by molar-refractivity contribution is 5.76. The lowest BCUT2D eigenvalue weighted by Crippen LogP contribution is -2.40. The van der Waals surface area contributed by atoms with Gasteiger partial charge in [0.05, 0.1) is 14.2 Å². The van der Waals surface area contributed by atoms with Crippen molar-refractivity contribution in [3.8, 4) is 11.5 Å². The topological polar surface area (TPSA) is 42.0 Å². The first kappa shape index (κ1) is 24.1. The van der Waals surface area contributed by atoms with Crippen molar-refractivity contribution in [1.29, 1.82) is 0 Å². The lowest BCUT2D eigenvalue weighted by atomic mass is 9.95. The van der Waals surface area contributed by atoms with Gasteiger partial charge in [0.2, 0.25) is 5.91 Å². The molecule has 0 atom stereocenters. The van der Waals surface area contributed by atoms with Crippen LogP contribution in [0.3, 0.4) is 0 Å². The van der Waals surface area contributed by atoms with Crippen LogP contribution in [0.25, 0.3) is 0 Å². The third-order valence-electron chi connectivity index (χ3n) is 6.35. The molecule has 0 saturated carbocycles. The Bertz CT molecular complexity index is 881. The van der Waals surface area contributed by atoms with Crippen molar-refractivity contribution in [2.45, 2.75) is 32.1 Å². The first-order valence-electron chi connectivity index (χ1n) is 11.4. The van der Waals surface area contributed by atoms with Gasteiger partial charge < -0.3 is 19.3 Å². The maximum Gasteiger partial charge on any atom is 0.222 e. The summed E-state index contributed by atoms with van der Waals surface area (Å²) in [7, 11) is 5.14. The molecule has 1 aliphatic rings. The molecule has 1 amide bonds. The van der Waals surface area contributed by atoms with Crippen LogP contribution in [0.4, 0.5) is 4.39 Å². The molecule has 0 radical (unpaired) electrons. The number of aryl methyl sites for hydroxylation is 1. The molecular formula is C26H35FN2O3. The first-order chi connectivity index (χ1) is 15.5. The van der Waals surface area contributed by atoms with Crippen LogP contribution in [0, 0.1) is 11.7 Å². The molecule has 3 rings (SSSR count). The Morgan fingerprint density at radius 1 is 1.03 bits per heavy atom. The summed E-state index contributed by atoms with van der Waals surface area (Å²) in [4.78, 5) is 17.0. The SMILES string of the molecule is COc1ccc(CCC(=O)N(C)CC2CCN(CCc3cccc(F)c3)CC2)cc1OC. The van der Waals surface area contributed by atoms with E-state index in [0.29, 0.717) is 30.3 Å². The lowest BCUT2D eigenvalue weighted by molar-refractivity contribution is -0.130. The van der Waals surface area contributed by atoms with Crippen molar-refractivity contribution < 1.29 is 18.7 Å². The maximum atomic E-state index is 13.3. The quantitative estimate of drug-likeness (QED) is 0.553. The number of piperidine rings is 1. The fourth-order valence-electron chi connectivity index (χ4n) is 4.34. The number of benzene rings is 2. The zero-order chi connectivity index (χ0) is 22.9. The molecule has 2 aromatic rings. The summed E-state index contributed by atoms with van der Waals surface area (Å²) in [6.45, 7) is 3.83. The second-order valence-corrected chi connectivity index (χ2v) is 8.63. The number of hydrogen-bond donors (Lipinski definition) is 0. The Hall–Kier alpha value is -2.60. The molecule has 5 nitrogen and oxygen atoms in total.